The maximum atomic E-state index is 12.8. The van der Waals surface area contributed by atoms with Gasteiger partial charge in [0.1, 0.15) is 5.75 Å². The van der Waals surface area contributed by atoms with Crippen LogP contribution in [0.2, 0.25) is 0 Å². The van der Waals surface area contributed by atoms with Crippen LogP contribution in [0.4, 0.5) is 5.13 Å². The first-order valence-corrected chi connectivity index (χ1v) is 10.6. The molecule has 2 heterocycles. The van der Waals surface area contributed by atoms with E-state index in [0.29, 0.717) is 23.0 Å². The fourth-order valence-electron chi connectivity index (χ4n) is 3.45. The van der Waals surface area contributed by atoms with Gasteiger partial charge in [0.2, 0.25) is 5.91 Å². The lowest BCUT2D eigenvalue weighted by atomic mass is 9.90. The van der Waals surface area contributed by atoms with Crippen LogP contribution < -0.4 is 15.4 Å². The van der Waals surface area contributed by atoms with Gasteiger partial charge in [0.05, 0.1) is 18.7 Å². The van der Waals surface area contributed by atoms with Gasteiger partial charge >= 0.3 is 0 Å². The van der Waals surface area contributed by atoms with E-state index < -0.39 is 0 Å². The number of nitrogens with one attached hydrogen (secondary N) is 2. The quantitative estimate of drug-likeness (QED) is 0.634. The SMILES string of the molecule is COc1ccc(C(=O)Nc2nc3c(s2)CCC[C@H]3C(=O)NCc2cccnc2)cc1. The maximum absolute atomic E-state index is 12.8. The summed E-state index contributed by atoms with van der Waals surface area (Å²) in [6.45, 7) is 0.434. The molecule has 0 radical (unpaired) electrons. The number of nitrogens with zero attached hydrogens (tertiary/aromatic N) is 2. The Morgan fingerprint density at radius 2 is 2.07 bits per heavy atom. The Balaban J connectivity index is 1.44. The minimum Gasteiger partial charge on any atom is -0.497 e. The third-order valence-electron chi connectivity index (χ3n) is 5.03. The largest absolute Gasteiger partial charge is 0.497 e. The highest BCUT2D eigenvalue weighted by molar-refractivity contribution is 7.16. The Kier molecular flexibility index (Phi) is 6.04. The molecule has 0 fully saturated rings. The number of benzene rings is 1. The molecule has 1 aliphatic carbocycles. The molecular formula is C22H22N4O3S. The predicted octanol–water partition coefficient (Wildman–Crippen LogP) is 3.54. The highest BCUT2D eigenvalue weighted by atomic mass is 32.1. The number of fused-ring (bicyclic) bond motifs is 1. The molecule has 154 valence electrons. The molecule has 1 aliphatic rings. The van der Waals surface area contributed by atoms with Gasteiger partial charge < -0.3 is 10.1 Å². The highest BCUT2D eigenvalue weighted by Gasteiger charge is 2.30. The Morgan fingerprint density at radius 1 is 1.23 bits per heavy atom. The van der Waals surface area contributed by atoms with Crippen LogP contribution >= 0.6 is 11.3 Å². The van der Waals surface area contributed by atoms with Gasteiger partial charge in [-0.2, -0.15) is 0 Å². The van der Waals surface area contributed by atoms with E-state index in [1.807, 2.05) is 12.1 Å². The Morgan fingerprint density at radius 3 is 2.80 bits per heavy atom. The number of thiazole rings is 1. The van der Waals surface area contributed by atoms with Crippen LogP contribution in [0.25, 0.3) is 0 Å². The van der Waals surface area contributed by atoms with Crippen LogP contribution in [-0.2, 0) is 17.8 Å². The van der Waals surface area contributed by atoms with E-state index in [9.17, 15) is 9.59 Å². The second kappa shape index (κ2) is 9.04. The Labute approximate surface area is 178 Å². The molecule has 0 bridgehead atoms. The van der Waals surface area contributed by atoms with E-state index in [1.54, 1.807) is 43.8 Å². The van der Waals surface area contributed by atoms with Crippen molar-refractivity contribution in [1.29, 1.82) is 0 Å². The van der Waals surface area contributed by atoms with Crippen LogP contribution in [-0.4, -0.2) is 28.9 Å². The zero-order valence-corrected chi connectivity index (χ0v) is 17.4. The minimum atomic E-state index is -0.298. The van der Waals surface area contributed by atoms with E-state index in [1.165, 1.54) is 11.3 Å². The number of carbonyl (C=O) groups is 2. The normalized spacial score (nSPS) is 15.2. The standard InChI is InChI=1S/C22H22N4O3S/c1-29-16-9-7-15(8-10-16)20(27)26-22-25-19-17(5-2-6-18(19)30-22)21(28)24-13-14-4-3-11-23-12-14/h3-4,7-12,17H,2,5-6,13H2,1H3,(H,24,28)(H,25,26,27)/t17-/m1/s1. The average Bonchev–Trinajstić information content (AvgIpc) is 3.20. The van der Waals surface area contributed by atoms with E-state index in [2.05, 4.69) is 20.6 Å². The van der Waals surface area contributed by atoms with Crippen molar-refractivity contribution in [3.8, 4) is 5.75 Å². The van der Waals surface area contributed by atoms with Crippen LogP contribution in [0, 0.1) is 0 Å². The van der Waals surface area contributed by atoms with Crippen molar-refractivity contribution in [2.45, 2.75) is 31.7 Å². The van der Waals surface area contributed by atoms with E-state index in [-0.39, 0.29) is 17.7 Å². The van der Waals surface area contributed by atoms with Crippen molar-refractivity contribution in [3.05, 3.63) is 70.5 Å². The van der Waals surface area contributed by atoms with Gasteiger partial charge in [-0.05, 0) is 55.2 Å². The monoisotopic (exact) mass is 422 g/mol. The van der Waals surface area contributed by atoms with Crippen LogP contribution in [0.3, 0.4) is 0 Å². The molecule has 0 aliphatic heterocycles. The first kappa shape index (κ1) is 20.0. The summed E-state index contributed by atoms with van der Waals surface area (Å²) in [4.78, 5) is 35.0. The number of aryl methyl sites for hydroxylation is 1. The number of hydrogen-bond acceptors (Lipinski definition) is 6. The maximum Gasteiger partial charge on any atom is 0.257 e. The van der Waals surface area contributed by atoms with Gasteiger partial charge in [0, 0.05) is 29.4 Å². The molecule has 2 N–H and O–H groups in total. The van der Waals surface area contributed by atoms with Crippen molar-refractivity contribution in [2.24, 2.45) is 0 Å². The molecule has 2 aromatic heterocycles. The number of anilines is 1. The number of rotatable bonds is 6. The summed E-state index contributed by atoms with van der Waals surface area (Å²) < 4.78 is 5.12. The zero-order chi connectivity index (χ0) is 20.9. The molecule has 1 aromatic carbocycles. The summed E-state index contributed by atoms with van der Waals surface area (Å²) in [7, 11) is 1.58. The molecule has 0 unspecified atom stereocenters. The van der Waals surface area contributed by atoms with Gasteiger partial charge in [-0.25, -0.2) is 4.98 Å². The van der Waals surface area contributed by atoms with Crippen molar-refractivity contribution in [3.63, 3.8) is 0 Å². The van der Waals surface area contributed by atoms with E-state index in [4.69, 9.17) is 4.74 Å². The highest BCUT2D eigenvalue weighted by Crippen LogP contribution is 2.37. The molecular weight excluding hydrogens is 400 g/mol. The van der Waals surface area contributed by atoms with E-state index in [0.717, 1.165) is 35.4 Å². The first-order valence-electron chi connectivity index (χ1n) is 9.75. The van der Waals surface area contributed by atoms with Crippen molar-refractivity contribution < 1.29 is 14.3 Å². The summed E-state index contributed by atoms with van der Waals surface area (Å²) >= 11 is 1.44. The second-order valence-electron chi connectivity index (χ2n) is 7.03. The van der Waals surface area contributed by atoms with Gasteiger partial charge in [0.25, 0.3) is 5.91 Å². The molecule has 0 saturated heterocycles. The number of hydrogen-bond donors (Lipinski definition) is 2. The fourth-order valence-corrected chi connectivity index (χ4v) is 4.51. The number of pyridine rings is 1. The number of aromatic nitrogens is 2. The predicted molar refractivity (Wildman–Crippen MR) is 115 cm³/mol. The number of methoxy groups -OCH3 is 1. The first-order chi connectivity index (χ1) is 14.6. The van der Waals surface area contributed by atoms with Gasteiger partial charge in [0.15, 0.2) is 5.13 Å². The van der Waals surface area contributed by atoms with E-state index >= 15 is 0 Å². The van der Waals surface area contributed by atoms with Crippen molar-refractivity contribution in [2.75, 3.05) is 12.4 Å². The molecule has 0 spiro atoms. The molecule has 30 heavy (non-hydrogen) atoms. The lowest BCUT2D eigenvalue weighted by molar-refractivity contribution is -0.123. The molecule has 4 rings (SSSR count). The van der Waals surface area contributed by atoms with Gasteiger partial charge in [-0.3, -0.25) is 19.9 Å². The topological polar surface area (TPSA) is 93.2 Å². The van der Waals surface area contributed by atoms with Crippen LogP contribution in [0.15, 0.2) is 48.8 Å². The Hall–Kier alpha value is -3.26. The minimum absolute atomic E-state index is 0.0434. The van der Waals surface area contributed by atoms with Gasteiger partial charge in [-0.1, -0.05) is 6.07 Å². The fraction of sp³-hybridized carbons (Fsp3) is 0.273. The summed E-state index contributed by atoms with van der Waals surface area (Å²) in [6, 6.07) is 10.7. The lowest BCUT2D eigenvalue weighted by Crippen LogP contribution is -2.31. The van der Waals surface area contributed by atoms with Crippen molar-refractivity contribution in [1.82, 2.24) is 15.3 Å². The smallest absolute Gasteiger partial charge is 0.257 e. The summed E-state index contributed by atoms with van der Waals surface area (Å²) in [5.74, 6) is 0.115. The summed E-state index contributed by atoms with van der Waals surface area (Å²) in [5.41, 5.74) is 2.25. The molecule has 0 saturated carbocycles. The van der Waals surface area contributed by atoms with Crippen LogP contribution in [0.1, 0.15) is 45.3 Å². The van der Waals surface area contributed by atoms with Crippen LogP contribution in [0.5, 0.6) is 5.75 Å². The molecule has 2 amide bonds. The third-order valence-corrected chi connectivity index (χ3v) is 6.08. The molecule has 8 heteroatoms. The lowest BCUT2D eigenvalue weighted by Gasteiger charge is -2.20. The van der Waals surface area contributed by atoms with Gasteiger partial charge in [-0.15, -0.1) is 11.3 Å². The molecule has 7 nitrogen and oxygen atoms in total. The zero-order valence-electron chi connectivity index (χ0n) is 16.6. The molecule has 1 atom stereocenters. The van der Waals surface area contributed by atoms with Crippen molar-refractivity contribution >= 4 is 28.3 Å². The second-order valence-corrected chi connectivity index (χ2v) is 8.12. The summed E-state index contributed by atoms with van der Waals surface area (Å²) in [6.07, 6.45) is 5.99. The number of carbonyl (C=O) groups excluding carboxylic acids is 2. The number of amides is 2. The third kappa shape index (κ3) is 4.49. The summed E-state index contributed by atoms with van der Waals surface area (Å²) in [5, 5.41) is 6.36. The average molecular weight is 423 g/mol. The number of ether oxygens (including phenoxy) is 1. The Bertz CT molecular complexity index is 1030. The molecule has 3 aromatic rings.